The molecule has 0 bridgehead atoms. The first-order chi connectivity index (χ1) is 15.0. The number of halogens is 1. The number of amides is 1. The maximum absolute atomic E-state index is 12.5. The number of carbonyl (C=O) groups is 1. The molecular formula is C24H22BrN3O3. The average molecular weight is 480 g/mol. The number of ether oxygens (including phenoxy) is 1. The molecule has 4 rings (SSSR count). The fourth-order valence-corrected chi connectivity index (χ4v) is 3.99. The molecule has 158 valence electrons. The Bertz CT molecular complexity index is 1290. The Morgan fingerprint density at radius 3 is 2.77 bits per heavy atom. The van der Waals surface area contributed by atoms with Crippen molar-refractivity contribution in [2.24, 2.45) is 5.10 Å². The molecule has 2 heterocycles. The van der Waals surface area contributed by atoms with Gasteiger partial charge in [-0.1, -0.05) is 12.1 Å². The Hall–Kier alpha value is -3.32. The third kappa shape index (κ3) is 4.27. The molecule has 2 aromatic carbocycles. The first kappa shape index (κ1) is 20.9. The largest absolute Gasteiger partial charge is 0.494 e. The Labute approximate surface area is 188 Å². The number of benzene rings is 2. The van der Waals surface area contributed by atoms with Crippen LogP contribution in [0.5, 0.6) is 5.75 Å². The molecule has 1 N–H and O–H groups in total. The summed E-state index contributed by atoms with van der Waals surface area (Å²) in [7, 11) is 0. The van der Waals surface area contributed by atoms with Gasteiger partial charge in [-0.15, -0.1) is 0 Å². The van der Waals surface area contributed by atoms with Crippen LogP contribution in [0.1, 0.15) is 34.4 Å². The minimum atomic E-state index is -0.412. The fraction of sp³-hybridized carbons (Fsp3) is 0.167. The molecule has 0 atom stereocenters. The van der Waals surface area contributed by atoms with Gasteiger partial charge in [0.15, 0.2) is 5.76 Å². The molecule has 0 saturated carbocycles. The lowest BCUT2D eigenvalue weighted by Crippen LogP contribution is -2.16. The number of nitrogens with one attached hydrogen (secondary N) is 1. The molecule has 6 nitrogen and oxygen atoms in total. The molecule has 31 heavy (non-hydrogen) atoms. The summed E-state index contributed by atoms with van der Waals surface area (Å²) in [6.45, 7) is 6.55. The lowest BCUT2D eigenvalue weighted by molar-refractivity contribution is 0.0929. The van der Waals surface area contributed by atoms with Crippen LogP contribution in [0.2, 0.25) is 0 Å². The maximum atomic E-state index is 12.5. The Balaban J connectivity index is 1.51. The number of aromatic nitrogens is 1. The lowest BCUT2D eigenvalue weighted by atomic mass is 10.2. The fourth-order valence-electron chi connectivity index (χ4n) is 3.53. The maximum Gasteiger partial charge on any atom is 0.307 e. The highest BCUT2D eigenvalue weighted by Crippen LogP contribution is 2.26. The number of fused-ring (bicyclic) bond motifs is 1. The van der Waals surface area contributed by atoms with E-state index >= 15 is 0 Å². The predicted octanol–water partition coefficient (Wildman–Crippen LogP) is 5.77. The van der Waals surface area contributed by atoms with E-state index in [-0.39, 0.29) is 5.76 Å². The zero-order valence-electron chi connectivity index (χ0n) is 17.5. The molecule has 0 aliphatic heterocycles. The van der Waals surface area contributed by atoms with E-state index in [0.29, 0.717) is 12.2 Å². The van der Waals surface area contributed by atoms with Crippen molar-refractivity contribution in [1.29, 1.82) is 0 Å². The highest BCUT2D eigenvalue weighted by molar-refractivity contribution is 9.10. The van der Waals surface area contributed by atoms with E-state index in [1.807, 2.05) is 63.2 Å². The van der Waals surface area contributed by atoms with Crippen LogP contribution in [-0.4, -0.2) is 23.3 Å². The van der Waals surface area contributed by atoms with Crippen molar-refractivity contribution in [2.45, 2.75) is 20.8 Å². The van der Waals surface area contributed by atoms with Crippen molar-refractivity contribution in [3.05, 3.63) is 81.8 Å². The van der Waals surface area contributed by atoms with Gasteiger partial charge in [0.1, 0.15) is 11.3 Å². The predicted molar refractivity (Wildman–Crippen MR) is 125 cm³/mol. The molecule has 0 spiro atoms. The number of furan rings is 1. The second kappa shape index (κ2) is 8.81. The number of hydrogen-bond donors (Lipinski definition) is 1. The highest BCUT2D eigenvalue weighted by atomic mass is 79.9. The van der Waals surface area contributed by atoms with Crippen LogP contribution in [0.4, 0.5) is 0 Å². The molecule has 0 aliphatic rings. The molecule has 0 saturated heterocycles. The number of rotatable bonds is 6. The number of carbonyl (C=O) groups excluding carboxylic acids is 1. The van der Waals surface area contributed by atoms with Crippen LogP contribution in [0, 0.1) is 13.8 Å². The average Bonchev–Trinajstić information content (AvgIpc) is 3.29. The van der Waals surface area contributed by atoms with Crippen molar-refractivity contribution in [3.8, 4) is 11.4 Å². The van der Waals surface area contributed by atoms with E-state index in [1.54, 1.807) is 18.3 Å². The van der Waals surface area contributed by atoms with E-state index in [9.17, 15) is 4.79 Å². The van der Waals surface area contributed by atoms with Crippen molar-refractivity contribution in [2.75, 3.05) is 6.61 Å². The summed E-state index contributed by atoms with van der Waals surface area (Å²) in [5.41, 5.74) is 7.22. The topological polar surface area (TPSA) is 68.8 Å². The van der Waals surface area contributed by atoms with Crippen molar-refractivity contribution >= 4 is 39.0 Å². The first-order valence-corrected chi connectivity index (χ1v) is 10.7. The smallest absolute Gasteiger partial charge is 0.307 e. The van der Waals surface area contributed by atoms with Gasteiger partial charge in [-0.05, 0) is 79.2 Å². The summed E-state index contributed by atoms with van der Waals surface area (Å²) >= 11 is 3.61. The Morgan fingerprint density at radius 2 is 2.00 bits per heavy atom. The van der Waals surface area contributed by atoms with Crippen LogP contribution < -0.4 is 10.2 Å². The van der Waals surface area contributed by atoms with Gasteiger partial charge in [0.05, 0.1) is 18.5 Å². The van der Waals surface area contributed by atoms with Crippen LogP contribution >= 0.6 is 15.9 Å². The van der Waals surface area contributed by atoms with Gasteiger partial charge in [0.2, 0.25) is 0 Å². The summed E-state index contributed by atoms with van der Waals surface area (Å²) in [6.07, 6.45) is 1.64. The second-order valence-corrected chi connectivity index (χ2v) is 7.91. The summed E-state index contributed by atoms with van der Waals surface area (Å²) < 4.78 is 14.3. The monoisotopic (exact) mass is 479 g/mol. The third-order valence-electron chi connectivity index (χ3n) is 4.96. The number of para-hydroxylation sites is 1. The zero-order chi connectivity index (χ0) is 22.0. The molecule has 7 heteroatoms. The standard InChI is InChI=1S/C24H22BrN3O3/c1-4-30-19-9-10-22-17(12-19)13-23(31-22)24(29)27-26-14-18-11-15(2)28(16(18)3)21-8-6-5-7-20(21)25/h5-14H,4H2,1-3H3,(H,27,29)/b26-14+. The van der Waals surface area contributed by atoms with Gasteiger partial charge in [0, 0.05) is 26.8 Å². The van der Waals surface area contributed by atoms with Crippen molar-refractivity contribution < 1.29 is 13.9 Å². The molecule has 0 fully saturated rings. The Kier molecular flexibility index (Phi) is 5.95. The molecule has 1 amide bonds. The van der Waals surface area contributed by atoms with Gasteiger partial charge >= 0.3 is 5.91 Å². The minimum absolute atomic E-state index is 0.194. The van der Waals surface area contributed by atoms with Gasteiger partial charge in [-0.25, -0.2) is 5.43 Å². The molecule has 0 radical (unpaired) electrons. The summed E-state index contributed by atoms with van der Waals surface area (Å²) in [5, 5.41) is 4.94. The van der Waals surface area contributed by atoms with E-state index in [2.05, 4.69) is 31.0 Å². The first-order valence-electron chi connectivity index (χ1n) is 9.91. The quantitative estimate of drug-likeness (QED) is 0.282. The lowest BCUT2D eigenvalue weighted by Gasteiger charge is -2.11. The van der Waals surface area contributed by atoms with E-state index in [0.717, 1.165) is 38.2 Å². The third-order valence-corrected chi connectivity index (χ3v) is 5.63. The molecule has 4 aromatic rings. The number of aryl methyl sites for hydroxylation is 1. The SMILES string of the molecule is CCOc1ccc2oc(C(=O)N/N=C/c3cc(C)n(-c4ccccc4Br)c3C)cc2c1. The van der Waals surface area contributed by atoms with Crippen molar-refractivity contribution in [1.82, 2.24) is 9.99 Å². The van der Waals surface area contributed by atoms with Crippen LogP contribution in [0.15, 0.2) is 68.6 Å². The summed E-state index contributed by atoms with van der Waals surface area (Å²) in [4.78, 5) is 12.5. The molecule has 0 unspecified atom stereocenters. The number of hydrogen-bond acceptors (Lipinski definition) is 4. The van der Waals surface area contributed by atoms with Crippen molar-refractivity contribution in [3.63, 3.8) is 0 Å². The van der Waals surface area contributed by atoms with Gasteiger partial charge in [-0.3, -0.25) is 4.79 Å². The van der Waals surface area contributed by atoms with E-state index in [4.69, 9.17) is 9.15 Å². The number of nitrogens with zero attached hydrogens (tertiary/aromatic N) is 2. The molecule has 2 aromatic heterocycles. The molecule has 0 aliphatic carbocycles. The van der Waals surface area contributed by atoms with E-state index in [1.165, 1.54) is 0 Å². The molecular weight excluding hydrogens is 458 g/mol. The summed E-state index contributed by atoms with van der Waals surface area (Å²) in [6, 6.07) is 17.2. The minimum Gasteiger partial charge on any atom is -0.494 e. The normalized spacial score (nSPS) is 11.4. The summed E-state index contributed by atoms with van der Waals surface area (Å²) in [5.74, 6) is 0.519. The van der Waals surface area contributed by atoms with Gasteiger partial charge in [0.25, 0.3) is 0 Å². The van der Waals surface area contributed by atoms with Gasteiger partial charge in [-0.2, -0.15) is 5.10 Å². The van der Waals surface area contributed by atoms with E-state index < -0.39 is 5.91 Å². The highest BCUT2D eigenvalue weighted by Gasteiger charge is 2.14. The zero-order valence-corrected chi connectivity index (χ0v) is 19.1. The number of hydrazone groups is 1. The second-order valence-electron chi connectivity index (χ2n) is 7.06. The van der Waals surface area contributed by atoms with Gasteiger partial charge < -0.3 is 13.7 Å². The Morgan fingerprint density at radius 1 is 1.19 bits per heavy atom. The van der Waals surface area contributed by atoms with Crippen LogP contribution in [-0.2, 0) is 0 Å². The van der Waals surface area contributed by atoms with Crippen LogP contribution in [0.25, 0.3) is 16.7 Å². The van der Waals surface area contributed by atoms with Crippen LogP contribution in [0.3, 0.4) is 0 Å².